The molecule has 1 aromatic rings. The lowest BCUT2D eigenvalue weighted by atomic mass is 10.3. The van der Waals surface area contributed by atoms with Crippen molar-refractivity contribution in [2.45, 2.75) is 24.8 Å². The van der Waals surface area contributed by atoms with Gasteiger partial charge in [-0.1, -0.05) is 11.6 Å². The molecule has 0 atom stereocenters. The summed E-state index contributed by atoms with van der Waals surface area (Å²) < 4.78 is 36.5. The zero-order valence-electron chi connectivity index (χ0n) is 13.3. The topological polar surface area (TPSA) is 93.7 Å². The number of carbonyl (C=O) groups excluding carboxylic acids is 1. The maximum absolute atomic E-state index is 12.0. The molecule has 0 aliphatic heterocycles. The second kappa shape index (κ2) is 9.07. The van der Waals surface area contributed by atoms with Gasteiger partial charge in [0.1, 0.15) is 5.75 Å². The average molecular weight is 365 g/mol. The van der Waals surface area contributed by atoms with Gasteiger partial charge in [0.2, 0.25) is 10.0 Å². The van der Waals surface area contributed by atoms with Gasteiger partial charge in [-0.2, -0.15) is 0 Å². The summed E-state index contributed by atoms with van der Waals surface area (Å²) in [5, 5.41) is 2.78. The van der Waals surface area contributed by atoms with Crippen LogP contribution in [-0.2, 0) is 19.6 Å². The van der Waals surface area contributed by atoms with Crippen molar-refractivity contribution in [2.75, 3.05) is 26.9 Å². The highest BCUT2D eigenvalue weighted by atomic mass is 35.5. The minimum Gasteiger partial charge on any atom is -0.482 e. The Labute approximate surface area is 141 Å². The Morgan fingerprint density at radius 1 is 1.35 bits per heavy atom. The van der Waals surface area contributed by atoms with Gasteiger partial charge in [0, 0.05) is 19.7 Å². The molecular formula is C14H21ClN2O5S. The molecule has 1 rings (SSSR count). The summed E-state index contributed by atoms with van der Waals surface area (Å²) in [6.07, 6.45) is 0. The Bertz CT molecular complexity index is 634. The number of methoxy groups -OCH3 is 1. The van der Waals surface area contributed by atoms with E-state index < -0.39 is 10.0 Å². The number of sulfonamides is 1. The second-order valence-electron chi connectivity index (χ2n) is 4.99. The first kappa shape index (κ1) is 19.7. The smallest absolute Gasteiger partial charge is 0.258 e. The lowest BCUT2D eigenvalue weighted by Crippen LogP contribution is -2.34. The third-order valence-corrected chi connectivity index (χ3v) is 4.37. The van der Waals surface area contributed by atoms with Crippen molar-refractivity contribution in [3.8, 4) is 5.75 Å². The highest BCUT2D eigenvalue weighted by Gasteiger charge is 2.16. The van der Waals surface area contributed by atoms with E-state index in [0.29, 0.717) is 0 Å². The Hall–Kier alpha value is -1.35. The molecule has 0 spiro atoms. The molecule has 0 fully saturated rings. The summed E-state index contributed by atoms with van der Waals surface area (Å²) in [7, 11) is -2.19. The first-order chi connectivity index (χ1) is 10.8. The number of carbonyl (C=O) groups is 1. The first-order valence-corrected chi connectivity index (χ1v) is 8.82. The molecule has 1 aromatic carbocycles. The predicted molar refractivity (Wildman–Crippen MR) is 87.3 cm³/mol. The number of rotatable bonds is 9. The number of nitrogens with one attached hydrogen (secondary N) is 2. The minimum atomic E-state index is -3.67. The van der Waals surface area contributed by atoms with Gasteiger partial charge in [0.25, 0.3) is 5.91 Å². The zero-order valence-corrected chi connectivity index (χ0v) is 14.8. The number of benzene rings is 1. The second-order valence-corrected chi connectivity index (χ2v) is 7.17. The Morgan fingerprint density at radius 3 is 2.61 bits per heavy atom. The third-order valence-electron chi connectivity index (χ3n) is 2.62. The number of amides is 1. The van der Waals surface area contributed by atoms with Crippen molar-refractivity contribution >= 4 is 27.5 Å². The SMILES string of the molecule is COCCNS(=O)(=O)c1ccc(OCC(=O)NC(C)C)c(Cl)c1. The van der Waals surface area contributed by atoms with Crippen molar-refractivity contribution in [3.05, 3.63) is 23.2 Å². The molecule has 0 unspecified atom stereocenters. The Kier molecular flexibility index (Phi) is 7.77. The fourth-order valence-electron chi connectivity index (χ4n) is 1.63. The molecule has 1 amide bonds. The molecule has 0 heterocycles. The van der Waals surface area contributed by atoms with Crippen molar-refractivity contribution in [3.63, 3.8) is 0 Å². The summed E-state index contributed by atoms with van der Waals surface area (Å²) in [5.41, 5.74) is 0. The van der Waals surface area contributed by atoms with E-state index >= 15 is 0 Å². The normalized spacial score (nSPS) is 11.5. The average Bonchev–Trinajstić information content (AvgIpc) is 2.45. The van der Waals surface area contributed by atoms with Crippen LogP contribution in [0.4, 0.5) is 0 Å². The van der Waals surface area contributed by atoms with E-state index in [-0.39, 0.29) is 47.4 Å². The van der Waals surface area contributed by atoms with Gasteiger partial charge in [-0.05, 0) is 32.0 Å². The molecule has 7 nitrogen and oxygen atoms in total. The van der Waals surface area contributed by atoms with Crippen LogP contribution < -0.4 is 14.8 Å². The summed E-state index contributed by atoms with van der Waals surface area (Å²) >= 11 is 6.01. The van der Waals surface area contributed by atoms with E-state index in [2.05, 4.69) is 10.0 Å². The van der Waals surface area contributed by atoms with Crippen molar-refractivity contribution in [1.82, 2.24) is 10.0 Å². The molecule has 0 radical (unpaired) electrons. The molecule has 9 heteroatoms. The van der Waals surface area contributed by atoms with Crippen LogP contribution in [0.25, 0.3) is 0 Å². The van der Waals surface area contributed by atoms with Crippen molar-refractivity contribution < 1.29 is 22.7 Å². The van der Waals surface area contributed by atoms with Gasteiger partial charge in [0.15, 0.2) is 6.61 Å². The van der Waals surface area contributed by atoms with Crippen LogP contribution in [0.5, 0.6) is 5.75 Å². The molecule has 2 N–H and O–H groups in total. The van der Waals surface area contributed by atoms with Crippen LogP contribution in [0.15, 0.2) is 23.1 Å². The number of hydrogen-bond acceptors (Lipinski definition) is 5. The predicted octanol–water partition coefficient (Wildman–Crippen LogP) is 1.17. The van der Waals surface area contributed by atoms with Gasteiger partial charge >= 0.3 is 0 Å². The first-order valence-electron chi connectivity index (χ1n) is 6.96. The maximum Gasteiger partial charge on any atom is 0.258 e. The van der Waals surface area contributed by atoms with Gasteiger partial charge in [0.05, 0.1) is 16.5 Å². The lowest BCUT2D eigenvalue weighted by molar-refractivity contribution is -0.123. The Morgan fingerprint density at radius 2 is 2.04 bits per heavy atom. The fraction of sp³-hybridized carbons (Fsp3) is 0.500. The van der Waals surface area contributed by atoms with Gasteiger partial charge < -0.3 is 14.8 Å². The molecular weight excluding hydrogens is 344 g/mol. The van der Waals surface area contributed by atoms with Crippen molar-refractivity contribution in [1.29, 1.82) is 0 Å². The molecule has 0 bridgehead atoms. The van der Waals surface area contributed by atoms with E-state index in [1.807, 2.05) is 13.8 Å². The highest BCUT2D eigenvalue weighted by Crippen LogP contribution is 2.27. The molecule has 0 aliphatic rings. The van der Waals surface area contributed by atoms with E-state index in [1.165, 1.54) is 25.3 Å². The van der Waals surface area contributed by atoms with Crippen LogP contribution in [0.2, 0.25) is 5.02 Å². The molecule has 23 heavy (non-hydrogen) atoms. The molecule has 0 aliphatic carbocycles. The van der Waals surface area contributed by atoms with E-state index in [0.717, 1.165) is 0 Å². The number of ether oxygens (including phenoxy) is 2. The quantitative estimate of drug-likeness (QED) is 0.641. The summed E-state index contributed by atoms with van der Waals surface area (Å²) in [6.45, 7) is 3.89. The summed E-state index contributed by atoms with van der Waals surface area (Å²) in [6, 6.07) is 4.05. The standard InChI is InChI=1S/C14H21ClN2O5S/c1-10(2)17-14(18)9-22-13-5-4-11(8-12(13)15)23(19,20)16-6-7-21-3/h4-5,8,10,16H,6-7,9H2,1-3H3,(H,17,18). The van der Waals surface area contributed by atoms with Crippen LogP contribution in [-0.4, -0.2) is 47.2 Å². The van der Waals surface area contributed by atoms with E-state index in [4.69, 9.17) is 21.1 Å². The van der Waals surface area contributed by atoms with Crippen LogP contribution >= 0.6 is 11.6 Å². The minimum absolute atomic E-state index is 0.00673. The summed E-state index contributed by atoms with van der Waals surface area (Å²) in [5.74, 6) is -0.0459. The maximum atomic E-state index is 12.0. The molecule has 0 saturated heterocycles. The monoisotopic (exact) mass is 364 g/mol. The van der Waals surface area contributed by atoms with E-state index in [1.54, 1.807) is 0 Å². The van der Waals surface area contributed by atoms with Gasteiger partial charge in [-0.15, -0.1) is 0 Å². The molecule has 0 saturated carbocycles. The number of halogens is 1. The molecule has 0 aromatic heterocycles. The van der Waals surface area contributed by atoms with Crippen LogP contribution in [0.1, 0.15) is 13.8 Å². The number of hydrogen-bond donors (Lipinski definition) is 2. The van der Waals surface area contributed by atoms with Crippen LogP contribution in [0.3, 0.4) is 0 Å². The highest BCUT2D eigenvalue weighted by molar-refractivity contribution is 7.89. The van der Waals surface area contributed by atoms with Crippen molar-refractivity contribution in [2.24, 2.45) is 0 Å². The lowest BCUT2D eigenvalue weighted by Gasteiger charge is -2.12. The summed E-state index contributed by atoms with van der Waals surface area (Å²) in [4.78, 5) is 11.5. The Balaban J connectivity index is 2.72. The molecule has 130 valence electrons. The van der Waals surface area contributed by atoms with Crippen LogP contribution in [0, 0.1) is 0 Å². The van der Waals surface area contributed by atoms with E-state index in [9.17, 15) is 13.2 Å². The van der Waals surface area contributed by atoms with Gasteiger partial charge in [-0.25, -0.2) is 13.1 Å². The fourth-order valence-corrected chi connectivity index (χ4v) is 2.97. The zero-order chi connectivity index (χ0) is 17.5. The largest absolute Gasteiger partial charge is 0.482 e. The van der Waals surface area contributed by atoms with Gasteiger partial charge in [-0.3, -0.25) is 4.79 Å². The third kappa shape index (κ3) is 6.74.